The lowest BCUT2D eigenvalue weighted by molar-refractivity contribution is 0.0537. The van der Waals surface area contributed by atoms with Gasteiger partial charge in [0.2, 0.25) is 0 Å². The molecule has 0 radical (unpaired) electrons. The molecule has 18 heavy (non-hydrogen) atoms. The van der Waals surface area contributed by atoms with Crippen LogP contribution >= 0.6 is 15.9 Å². The minimum atomic E-state index is -0.912. The number of hydrogen-bond donors (Lipinski definition) is 2. The number of nitrogens with one attached hydrogen (secondary N) is 1. The molecule has 1 saturated heterocycles. The largest absolute Gasteiger partial charge is 0.478 e. The zero-order chi connectivity index (χ0) is 13.1. The number of rotatable bonds is 3. The van der Waals surface area contributed by atoms with Crippen molar-refractivity contribution in [2.75, 3.05) is 18.5 Å². The zero-order valence-corrected chi connectivity index (χ0v) is 11.7. The molecule has 2 unspecified atom stereocenters. The van der Waals surface area contributed by atoms with Crippen LogP contribution in [0.1, 0.15) is 23.7 Å². The van der Waals surface area contributed by atoms with Gasteiger partial charge >= 0.3 is 5.97 Å². The van der Waals surface area contributed by atoms with Gasteiger partial charge in [0.1, 0.15) is 0 Å². The Morgan fingerprint density at radius 1 is 1.56 bits per heavy atom. The van der Waals surface area contributed by atoms with Gasteiger partial charge in [-0.05, 0) is 30.5 Å². The summed E-state index contributed by atoms with van der Waals surface area (Å²) in [6.07, 6.45) is 0.896. The van der Waals surface area contributed by atoms with Crippen LogP contribution < -0.4 is 5.32 Å². The molecule has 1 aromatic rings. The molecule has 1 aromatic carbocycles. The second kappa shape index (κ2) is 5.71. The molecular formula is C13H16BrNO3. The van der Waals surface area contributed by atoms with Gasteiger partial charge in [-0.15, -0.1) is 0 Å². The number of benzene rings is 1. The number of carboxylic acids is 1. The summed E-state index contributed by atoms with van der Waals surface area (Å²) in [5.74, 6) is -0.538. The molecule has 98 valence electrons. The molecule has 0 aliphatic carbocycles. The van der Waals surface area contributed by atoms with Gasteiger partial charge in [-0.3, -0.25) is 0 Å². The van der Waals surface area contributed by atoms with Gasteiger partial charge < -0.3 is 15.2 Å². The molecule has 4 nitrogen and oxygen atoms in total. The Morgan fingerprint density at radius 3 is 3.00 bits per heavy atom. The van der Waals surface area contributed by atoms with Gasteiger partial charge in [0.05, 0.1) is 17.9 Å². The predicted molar refractivity (Wildman–Crippen MR) is 73.1 cm³/mol. The van der Waals surface area contributed by atoms with E-state index in [0.29, 0.717) is 23.8 Å². The van der Waals surface area contributed by atoms with Crippen LogP contribution in [0.4, 0.5) is 5.69 Å². The number of carbonyl (C=O) groups is 1. The van der Waals surface area contributed by atoms with Crippen molar-refractivity contribution in [2.45, 2.75) is 19.4 Å². The third-order valence-corrected chi connectivity index (χ3v) is 3.69. The number of anilines is 1. The molecule has 0 bridgehead atoms. The lowest BCUT2D eigenvalue weighted by Crippen LogP contribution is -2.36. The Labute approximate surface area is 114 Å². The van der Waals surface area contributed by atoms with Gasteiger partial charge in [0.25, 0.3) is 0 Å². The maximum Gasteiger partial charge on any atom is 0.337 e. The van der Waals surface area contributed by atoms with E-state index < -0.39 is 5.97 Å². The van der Waals surface area contributed by atoms with Crippen molar-refractivity contribution in [1.29, 1.82) is 0 Å². The lowest BCUT2D eigenvalue weighted by atomic mass is 9.97. The summed E-state index contributed by atoms with van der Waals surface area (Å²) in [7, 11) is 0. The fourth-order valence-corrected chi connectivity index (χ4v) is 2.48. The van der Waals surface area contributed by atoms with E-state index in [1.807, 2.05) is 6.07 Å². The van der Waals surface area contributed by atoms with Crippen LogP contribution in [0.25, 0.3) is 0 Å². The van der Waals surface area contributed by atoms with E-state index >= 15 is 0 Å². The van der Waals surface area contributed by atoms with Crippen LogP contribution in [0.15, 0.2) is 22.7 Å². The van der Waals surface area contributed by atoms with Crippen LogP contribution in [0.3, 0.4) is 0 Å². The Hall–Kier alpha value is -1.07. The van der Waals surface area contributed by atoms with E-state index in [0.717, 1.165) is 17.5 Å². The molecule has 5 heteroatoms. The molecular weight excluding hydrogens is 298 g/mol. The highest BCUT2D eigenvalue weighted by Gasteiger charge is 2.23. The highest BCUT2D eigenvalue weighted by atomic mass is 79.9. The average molecular weight is 314 g/mol. The first-order valence-electron chi connectivity index (χ1n) is 5.95. The maximum absolute atomic E-state index is 11.2. The molecule has 0 saturated carbocycles. The van der Waals surface area contributed by atoms with E-state index in [1.165, 1.54) is 0 Å². The first-order chi connectivity index (χ1) is 8.58. The van der Waals surface area contributed by atoms with Crippen molar-refractivity contribution in [3.63, 3.8) is 0 Å². The summed E-state index contributed by atoms with van der Waals surface area (Å²) >= 11 is 3.37. The summed E-state index contributed by atoms with van der Waals surface area (Å²) in [5.41, 5.74) is 0.965. The van der Waals surface area contributed by atoms with E-state index in [2.05, 4.69) is 28.2 Å². The fraction of sp³-hybridized carbons (Fsp3) is 0.462. The molecule has 0 aromatic heterocycles. The van der Waals surface area contributed by atoms with Gasteiger partial charge in [-0.25, -0.2) is 4.79 Å². The van der Waals surface area contributed by atoms with E-state index in [4.69, 9.17) is 4.74 Å². The standard InChI is InChI=1S/C13H16BrNO3/c1-8-7-18-5-4-11(8)15-12-6-9(14)2-3-10(12)13(16)17/h2-3,6,8,11,15H,4-5,7H2,1H3,(H,16,17). The van der Waals surface area contributed by atoms with Gasteiger partial charge in [-0.1, -0.05) is 22.9 Å². The summed E-state index contributed by atoms with van der Waals surface area (Å²) in [6, 6.07) is 5.41. The van der Waals surface area contributed by atoms with Gasteiger partial charge in [0.15, 0.2) is 0 Å². The molecule has 1 heterocycles. The summed E-state index contributed by atoms with van der Waals surface area (Å²) in [6.45, 7) is 3.54. The number of carboxylic acid groups (broad SMARTS) is 1. The van der Waals surface area contributed by atoms with Crippen LogP contribution in [0, 0.1) is 5.92 Å². The van der Waals surface area contributed by atoms with Crippen molar-refractivity contribution in [3.8, 4) is 0 Å². The number of halogens is 1. The fourth-order valence-electron chi connectivity index (χ4n) is 2.12. The van der Waals surface area contributed by atoms with Crippen molar-refractivity contribution < 1.29 is 14.6 Å². The van der Waals surface area contributed by atoms with Crippen LogP contribution in [0.5, 0.6) is 0 Å². The van der Waals surface area contributed by atoms with Crippen molar-refractivity contribution in [2.24, 2.45) is 5.92 Å². The quantitative estimate of drug-likeness (QED) is 0.900. The lowest BCUT2D eigenvalue weighted by Gasteiger charge is -2.30. The number of ether oxygens (including phenoxy) is 1. The maximum atomic E-state index is 11.2. The summed E-state index contributed by atoms with van der Waals surface area (Å²) in [5, 5.41) is 12.5. The Kier molecular flexibility index (Phi) is 4.24. The molecule has 1 aliphatic rings. The third kappa shape index (κ3) is 3.03. The first-order valence-corrected chi connectivity index (χ1v) is 6.74. The second-order valence-electron chi connectivity index (χ2n) is 4.59. The molecule has 1 fully saturated rings. The van der Waals surface area contributed by atoms with Crippen molar-refractivity contribution in [1.82, 2.24) is 0 Å². The highest BCUT2D eigenvalue weighted by Crippen LogP contribution is 2.25. The molecule has 2 rings (SSSR count). The van der Waals surface area contributed by atoms with Crippen molar-refractivity contribution >= 4 is 27.6 Å². The topological polar surface area (TPSA) is 58.6 Å². The number of hydrogen-bond acceptors (Lipinski definition) is 3. The molecule has 2 atom stereocenters. The van der Waals surface area contributed by atoms with Crippen LogP contribution in [-0.4, -0.2) is 30.3 Å². The zero-order valence-electron chi connectivity index (χ0n) is 10.1. The molecule has 2 N–H and O–H groups in total. The van der Waals surface area contributed by atoms with Crippen LogP contribution in [-0.2, 0) is 4.74 Å². The third-order valence-electron chi connectivity index (χ3n) is 3.19. The molecule has 0 spiro atoms. The minimum Gasteiger partial charge on any atom is -0.478 e. The summed E-state index contributed by atoms with van der Waals surface area (Å²) < 4.78 is 6.26. The monoisotopic (exact) mass is 313 g/mol. The summed E-state index contributed by atoms with van der Waals surface area (Å²) in [4.78, 5) is 11.2. The average Bonchev–Trinajstić information content (AvgIpc) is 2.32. The number of aromatic carboxylic acids is 1. The Bertz CT molecular complexity index is 450. The van der Waals surface area contributed by atoms with Crippen LogP contribution in [0.2, 0.25) is 0 Å². The molecule has 0 amide bonds. The predicted octanol–water partition coefficient (Wildman–Crippen LogP) is 2.98. The second-order valence-corrected chi connectivity index (χ2v) is 5.50. The van der Waals surface area contributed by atoms with E-state index in [9.17, 15) is 9.90 Å². The minimum absolute atomic E-state index is 0.256. The van der Waals surface area contributed by atoms with E-state index in [1.54, 1.807) is 12.1 Å². The van der Waals surface area contributed by atoms with Crippen molar-refractivity contribution in [3.05, 3.63) is 28.2 Å². The van der Waals surface area contributed by atoms with Gasteiger partial charge in [-0.2, -0.15) is 0 Å². The smallest absolute Gasteiger partial charge is 0.337 e. The van der Waals surface area contributed by atoms with Gasteiger partial charge in [0, 0.05) is 17.1 Å². The Balaban J connectivity index is 2.21. The normalized spacial score (nSPS) is 23.7. The van der Waals surface area contributed by atoms with E-state index in [-0.39, 0.29) is 6.04 Å². The molecule has 1 aliphatic heterocycles. The SMILES string of the molecule is CC1COCCC1Nc1cc(Br)ccc1C(=O)O. The Morgan fingerprint density at radius 2 is 2.33 bits per heavy atom. The first kappa shape index (κ1) is 13.4. The highest BCUT2D eigenvalue weighted by molar-refractivity contribution is 9.10.